The van der Waals surface area contributed by atoms with E-state index in [4.69, 9.17) is 0 Å². The van der Waals surface area contributed by atoms with Crippen LogP contribution in [-0.2, 0) is 4.79 Å². The number of hydrogen-bond donors (Lipinski definition) is 0. The monoisotopic (exact) mass is 255 g/mol. The lowest BCUT2D eigenvalue weighted by Crippen LogP contribution is -1.97. The van der Waals surface area contributed by atoms with Gasteiger partial charge in [-0.15, -0.1) is 0 Å². The van der Waals surface area contributed by atoms with Crippen molar-refractivity contribution in [2.45, 2.75) is 24.1 Å². The molecule has 0 fully saturated rings. The third-order valence-corrected chi connectivity index (χ3v) is 3.40. The van der Waals surface area contributed by atoms with Gasteiger partial charge in [-0.1, -0.05) is 31.9 Å². The Bertz CT molecular complexity index is 75.5. The van der Waals surface area contributed by atoms with Gasteiger partial charge in [-0.3, -0.25) is 4.79 Å². The van der Waals surface area contributed by atoms with Crippen LogP contribution < -0.4 is 0 Å². The summed E-state index contributed by atoms with van der Waals surface area (Å²) >= 11 is 6.75. The fourth-order valence-corrected chi connectivity index (χ4v) is 1.12. The molecule has 0 saturated heterocycles. The predicted molar refractivity (Wildman–Crippen MR) is 46.1 cm³/mol. The van der Waals surface area contributed by atoms with Crippen molar-refractivity contribution in [1.82, 2.24) is 0 Å². The molecule has 0 amide bonds. The number of unbranched alkanes of at least 4 members (excludes halogenated alkanes) is 1. The zero-order chi connectivity index (χ0) is 7.11. The molecule has 0 heterocycles. The maximum absolute atomic E-state index is 9.72. The highest BCUT2D eigenvalue weighted by Gasteiger charge is 1.99. The van der Waals surface area contributed by atoms with Crippen molar-refractivity contribution >= 4 is 38.1 Å². The number of carbonyl (C=O) groups excluding carboxylic acids is 1. The van der Waals surface area contributed by atoms with Crippen LogP contribution in [0.5, 0.6) is 0 Å². The third kappa shape index (κ3) is 6.52. The van der Waals surface area contributed by atoms with Crippen molar-refractivity contribution in [1.29, 1.82) is 0 Å². The van der Waals surface area contributed by atoms with Crippen molar-refractivity contribution in [2.75, 3.05) is 5.33 Å². The highest BCUT2D eigenvalue weighted by molar-refractivity contribution is 9.12. The lowest BCUT2D eigenvalue weighted by atomic mass is 10.2. The molecule has 0 aliphatic heterocycles. The predicted octanol–water partition coefficient (Wildman–Crippen LogP) is 2.42. The molecule has 0 N–H and O–H groups in total. The second-order valence-electron chi connectivity index (χ2n) is 1.79. The van der Waals surface area contributed by atoms with Crippen LogP contribution in [0.15, 0.2) is 0 Å². The average Bonchev–Trinajstić information content (AvgIpc) is 1.89. The van der Waals surface area contributed by atoms with Gasteiger partial charge in [0.05, 0.1) is 0 Å². The molecule has 0 spiro atoms. The van der Waals surface area contributed by atoms with E-state index in [1.807, 2.05) is 6.29 Å². The van der Waals surface area contributed by atoms with Crippen molar-refractivity contribution in [3.63, 3.8) is 0 Å². The first kappa shape index (κ1) is 9.63. The van der Waals surface area contributed by atoms with Gasteiger partial charge in [0.25, 0.3) is 0 Å². The minimum absolute atomic E-state index is 0.505. The van der Waals surface area contributed by atoms with Gasteiger partial charge in [-0.25, -0.2) is 0 Å². The Hall–Kier alpha value is 0.630. The molecule has 1 nitrogen and oxygen atoms in total. The maximum atomic E-state index is 9.72. The maximum Gasteiger partial charge on any atom is 0.198 e. The minimum Gasteiger partial charge on any atom is -0.291 e. The molecule has 0 bridgehead atoms. The van der Waals surface area contributed by atoms with Gasteiger partial charge in [-0.2, -0.15) is 0 Å². The fourth-order valence-electron chi connectivity index (χ4n) is 0.473. The second-order valence-corrected chi connectivity index (χ2v) is 3.73. The molecule has 0 aromatic heterocycles. The molecule has 9 heavy (non-hydrogen) atoms. The van der Waals surface area contributed by atoms with Gasteiger partial charge in [0.2, 0.25) is 0 Å². The SMILES string of the molecule is O=[C]CCCC(Br)CBr. The van der Waals surface area contributed by atoms with Gasteiger partial charge in [-0.05, 0) is 12.8 Å². The Balaban J connectivity index is 2.96. The Kier molecular flexibility index (Phi) is 7.22. The van der Waals surface area contributed by atoms with Crippen LogP contribution in [-0.4, -0.2) is 16.4 Å². The second kappa shape index (κ2) is 6.75. The summed E-state index contributed by atoms with van der Waals surface area (Å²) in [6, 6.07) is 0. The summed E-state index contributed by atoms with van der Waals surface area (Å²) in [4.78, 5) is 10.2. The summed E-state index contributed by atoms with van der Waals surface area (Å²) in [7, 11) is 0. The average molecular weight is 257 g/mol. The van der Waals surface area contributed by atoms with E-state index in [-0.39, 0.29) is 0 Å². The number of alkyl halides is 2. The largest absolute Gasteiger partial charge is 0.291 e. The Morgan fingerprint density at radius 2 is 2.22 bits per heavy atom. The molecule has 53 valence electrons. The van der Waals surface area contributed by atoms with Gasteiger partial charge >= 0.3 is 0 Å². The molecule has 1 unspecified atom stereocenters. The molecule has 1 radical (unpaired) electrons. The van der Waals surface area contributed by atoms with Crippen LogP contribution in [0.4, 0.5) is 0 Å². The summed E-state index contributed by atoms with van der Waals surface area (Å²) in [5, 5.41) is 0.950. The van der Waals surface area contributed by atoms with E-state index in [0.717, 1.165) is 18.2 Å². The zero-order valence-electron chi connectivity index (χ0n) is 5.07. The van der Waals surface area contributed by atoms with Gasteiger partial charge in [0.1, 0.15) is 0 Å². The van der Waals surface area contributed by atoms with Crippen LogP contribution in [0.2, 0.25) is 0 Å². The van der Waals surface area contributed by atoms with Gasteiger partial charge < -0.3 is 0 Å². The summed E-state index contributed by atoms with van der Waals surface area (Å²) in [5.41, 5.74) is 0. The van der Waals surface area contributed by atoms with Gasteiger partial charge in [0.15, 0.2) is 6.29 Å². The zero-order valence-corrected chi connectivity index (χ0v) is 8.24. The van der Waals surface area contributed by atoms with E-state index >= 15 is 0 Å². The van der Waals surface area contributed by atoms with E-state index in [1.54, 1.807) is 0 Å². The molecule has 0 rings (SSSR count). The van der Waals surface area contributed by atoms with Crippen LogP contribution in [0.3, 0.4) is 0 Å². The summed E-state index contributed by atoms with van der Waals surface area (Å²) in [5.74, 6) is 0. The Morgan fingerprint density at radius 1 is 1.56 bits per heavy atom. The van der Waals surface area contributed by atoms with E-state index < -0.39 is 0 Å². The van der Waals surface area contributed by atoms with E-state index in [0.29, 0.717) is 11.2 Å². The summed E-state index contributed by atoms with van der Waals surface area (Å²) < 4.78 is 0. The third-order valence-electron chi connectivity index (χ3n) is 0.964. The molecule has 0 saturated carbocycles. The topological polar surface area (TPSA) is 17.1 Å². The Labute approximate surface area is 72.5 Å². The molecule has 3 heteroatoms. The molecule has 0 aliphatic rings. The van der Waals surface area contributed by atoms with Crippen molar-refractivity contribution in [3.8, 4) is 0 Å². The van der Waals surface area contributed by atoms with E-state index in [1.165, 1.54) is 0 Å². The number of rotatable bonds is 5. The quantitative estimate of drug-likeness (QED) is 0.546. The summed E-state index contributed by atoms with van der Waals surface area (Å²) in [6.07, 6.45) is 4.40. The first-order valence-electron chi connectivity index (χ1n) is 2.86. The molecular weight excluding hydrogens is 248 g/mol. The first-order valence-corrected chi connectivity index (χ1v) is 4.90. The lowest BCUT2D eigenvalue weighted by molar-refractivity contribution is 0.547. The van der Waals surface area contributed by atoms with Crippen molar-refractivity contribution in [3.05, 3.63) is 0 Å². The highest BCUT2D eigenvalue weighted by atomic mass is 79.9. The molecule has 0 aromatic rings. The fraction of sp³-hybridized carbons (Fsp3) is 0.833. The lowest BCUT2D eigenvalue weighted by Gasteiger charge is -2.00. The van der Waals surface area contributed by atoms with Gasteiger partial charge in [0, 0.05) is 16.6 Å². The first-order chi connectivity index (χ1) is 4.31. The van der Waals surface area contributed by atoms with E-state index in [2.05, 4.69) is 31.9 Å². The van der Waals surface area contributed by atoms with Crippen LogP contribution in [0.25, 0.3) is 0 Å². The minimum atomic E-state index is 0.505. The normalized spacial score (nSPS) is 13.1. The highest BCUT2D eigenvalue weighted by Crippen LogP contribution is 2.11. The number of halogens is 2. The molecule has 1 atom stereocenters. The van der Waals surface area contributed by atoms with Crippen LogP contribution in [0.1, 0.15) is 19.3 Å². The van der Waals surface area contributed by atoms with Crippen LogP contribution >= 0.6 is 31.9 Å². The summed E-state index contributed by atoms with van der Waals surface area (Å²) in [6.45, 7) is 0. The molecule has 0 aliphatic carbocycles. The Morgan fingerprint density at radius 3 is 2.67 bits per heavy atom. The number of hydrogen-bond acceptors (Lipinski definition) is 1. The van der Waals surface area contributed by atoms with Crippen molar-refractivity contribution in [2.24, 2.45) is 0 Å². The standard InChI is InChI=1S/C6H9Br2O/c7-5-6(8)3-1-2-4-9/h6H,1-3,5H2. The molecule has 0 aromatic carbocycles. The van der Waals surface area contributed by atoms with E-state index in [9.17, 15) is 4.79 Å². The van der Waals surface area contributed by atoms with Crippen molar-refractivity contribution < 1.29 is 4.79 Å². The van der Waals surface area contributed by atoms with Crippen LogP contribution in [0, 0.1) is 0 Å². The smallest absolute Gasteiger partial charge is 0.198 e. The molecular formula is C6H9Br2O.